The van der Waals surface area contributed by atoms with E-state index in [0.717, 1.165) is 28.7 Å². The molecule has 2 amide bonds. The zero-order valence-corrected chi connectivity index (χ0v) is 19.0. The second kappa shape index (κ2) is 9.21. The molecule has 8 heteroatoms. The summed E-state index contributed by atoms with van der Waals surface area (Å²) in [5.74, 6) is -1.58. The number of carboxylic acids is 1. The molecule has 35 heavy (non-hydrogen) atoms. The number of aromatic nitrogens is 1. The van der Waals surface area contributed by atoms with Gasteiger partial charge in [-0.3, -0.25) is 14.9 Å². The molecule has 8 nitrogen and oxygen atoms in total. The molecule has 0 saturated heterocycles. The van der Waals surface area contributed by atoms with Gasteiger partial charge < -0.3 is 15.2 Å². The highest BCUT2D eigenvalue weighted by Gasteiger charge is 2.41. The fraction of sp³-hybridized carbons (Fsp3) is 0.259. The Balaban J connectivity index is 1.27. The van der Waals surface area contributed by atoms with Gasteiger partial charge in [0, 0.05) is 12.1 Å². The van der Waals surface area contributed by atoms with Gasteiger partial charge in [0.1, 0.15) is 6.61 Å². The van der Waals surface area contributed by atoms with Gasteiger partial charge in [0.25, 0.3) is 5.91 Å². The number of amides is 2. The number of carboxylic acid groups (broad SMARTS) is 1. The minimum absolute atomic E-state index is 0.0117. The Morgan fingerprint density at radius 3 is 2.23 bits per heavy atom. The molecule has 1 saturated carbocycles. The number of fused-ring (bicyclic) bond motifs is 3. The Morgan fingerprint density at radius 2 is 1.63 bits per heavy atom. The van der Waals surface area contributed by atoms with Gasteiger partial charge in [-0.15, -0.1) is 0 Å². The number of nitrogens with zero attached hydrogens (tertiary/aromatic N) is 1. The summed E-state index contributed by atoms with van der Waals surface area (Å²) in [4.78, 5) is 41.0. The summed E-state index contributed by atoms with van der Waals surface area (Å²) in [7, 11) is 0. The van der Waals surface area contributed by atoms with Crippen molar-refractivity contribution in [3.8, 4) is 11.1 Å². The maximum atomic E-state index is 12.9. The minimum atomic E-state index is -0.969. The van der Waals surface area contributed by atoms with E-state index in [1.807, 2.05) is 36.4 Å². The molecule has 0 spiro atoms. The number of ether oxygens (including phenoxy) is 1. The zero-order chi connectivity index (χ0) is 24.4. The Morgan fingerprint density at radius 1 is 0.971 bits per heavy atom. The van der Waals surface area contributed by atoms with Crippen molar-refractivity contribution in [3.63, 3.8) is 0 Å². The van der Waals surface area contributed by atoms with Crippen molar-refractivity contribution in [2.75, 3.05) is 11.9 Å². The lowest BCUT2D eigenvalue weighted by Gasteiger charge is -2.41. The van der Waals surface area contributed by atoms with E-state index in [9.17, 15) is 19.5 Å². The molecule has 0 bridgehead atoms. The standard InChI is InChI=1S/C27H25N3O5/c31-23(32)15-27(12-6-13-27)30-25(33)24-22(11-5-14-28-24)29-26(34)35-16-21-19-9-3-1-7-17(19)18-8-2-4-10-20(18)21/h1-5,7-11,14,21H,6,12-13,15-16H2,(H,29,34)(H,30,33)(H,31,32). The fourth-order valence-corrected chi connectivity index (χ4v) is 4.97. The molecule has 0 aliphatic heterocycles. The van der Waals surface area contributed by atoms with E-state index in [2.05, 4.69) is 27.8 Å². The quantitative estimate of drug-likeness (QED) is 0.465. The van der Waals surface area contributed by atoms with E-state index < -0.39 is 23.5 Å². The first kappa shape index (κ1) is 22.6. The van der Waals surface area contributed by atoms with Crippen LogP contribution in [0.5, 0.6) is 0 Å². The van der Waals surface area contributed by atoms with Gasteiger partial charge >= 0.3 is 12.1 Å². The second-order valence-corrected chi connectivity index (χ2v) is 9.01. The number of hydrogen-bond donors (Lipinski definition) is 3. The number of hydrogen-bond acceptors (Lipinski definition) is 5. The van der Waals surface area contributed by atoms with Crippen LogP contribution < -0.4 is 10.6 Å². The average Bonchev–Trinajstić information content (AvgIpc) is 3.15. The van der Waals surface area contributed by atoms with Gasteiger partial charge in [-0.1, -0.05) is 48.5 Å². The number of pyridine rings is 1. The lowest BCUT2D eigenvalue weighted by Crippen LogP contribution is -2.54. The van der Waals surface area contributed by atoms with Gasteiger partial charge in [-0.05, 0) is 53.6 Å². The summed E-state index contributed by atoms with van der Waals surface area (Å²) in [5.41, 5.74) is 3.91. The molecule has 2 aliphatic carbocycles. The molecule has 2 aliphatic rings. The van der Waals surface area contributed by atoms with Crippen molar-refractivity contribution >= 4 is 23.7 Å². The topological polar surface area (TPSA) is 118 Å². The molecule has 178 valence electrons. The lowest BCUT2D eigenvalue weighted by atomic mass is 9.74. The third-order valence-corrected chi connectivity index (χ3v) is 6.78. The third kappa shape index (κ3) is 4.47. The van der Waals surface area contributed by atoms with Crippen molar-refractivity contribution in [1.29, 1.82) is 0 Å². The van der Waals surface area contributed by atoms with E-state index in [4.69, 9.17) is 4.74 Å². The van der Waals surface area contributed by atoms with Crippen LogP contribution in [-0.2, 0) is 9.53 Å². The van der Waals surface area contributed by atoms with Crippen LogP contribution in [0.3, 0.4) is 0 Å². The first-order chi connectivity index (χ1) is 17.0. The van der Waals surface area contributed by atoms with Gasteiger partial charge in [-0.2, -0.15) is 0 Å². The van der Waals surface area contributed by atoms with Crippen LogP contribution in [0.4, 0.5) is 10.5 Å². The van der Waals surface area contributed by atoms with Crippen LogP contribution in [0.25, 0.3) is 11.1 Å². The second-order valence-electron chi connectivity index (χ2n) is 9.01. The molecule has 3 aromatic rings. The number of carbonyl (C=O) groups excluding carboxylic acids is 2. The lowest BCUT2D eigenvalue weighted by molar-refractivity contribution is -0.139. The third-order valence-electron chi connectivity index (χ3n) is 6.78. The van der Waals surface area contributed by atoms with Crippen molar-refractivity contribution in [1.82, 2.24) is 10.3 Å². The van der Waals surface area contributed by atoms with Gasteiger partial charge in [0.2, 0.25) is 0 Å². The van der Waals surface area contributed by atoms with Crippen LogP contribution in [0.2, 0.25) is 0 Å². The summed E-state index contributed by atoms with van der Waals surface area (Å²) >= 11 is 0. The molecular weight excluding hydrogens is 446 g/mol. The van der Waals surface area contributed by atoms with E-state index in [-0.39, 0.29) is 30.3 Å². The average molecular weight is 472 g/mol. The Hall–Kier alpha value is -4.20. The highest BCUT2D eigenvalue weighted by Crippen LogP contribution is 2.44. The number of anilines is 1. The zero-order valence-electron chi connectivity index (χ0n) is 19.0. The maximum Gasteiger partial charge on any atom is 0.411 e. The molecule has 1 heterocycles. The highest BCUT2D eigenvalue weighted by molar-refractivity contribution is 6.01. The fourth-order valence-electron chi connectivity index (χ4n) is 4.97. The Bertz CT molecular complexity index is 1260. The maximum absolute atomic E-state index is 12.9. The normalized spacial score (nSPS) is 15.3. The first-order valence-electron chi connectivity index (χ1n) is 11.6. The summed E-state index contributed by atoms with van der Waals surface area (Å²) in [6, 6.07) is 19.3. The molecule has 2 aromatic carbocycles. The molecule has 0 atom stereocenters. The number of carbonyl (C=O) groups is 3. The summed E-state index contributed by atoms with van der Waals surface area (Å²) in [6.07, 6.45) is 2.63. The largest absolute Gasteiger partial charge is 0.481 e. The number of benzene rings is 2. The first-order valence-corrected chi connectivity index (χ1v) is 11.6. The van der Waals surface area contributed by atoms with Crippen LogP contribution in [0.1, 0.15) is 53.2 Å². The monoisotopic (exact) mass is 471 g/mol. The minimum Gasteiger partial charge on any atom is -0.481 e. The smallest absolute Gasteiger partial charge is 0.411 e. The molecular formula is C27H25N3O5. The van der Waals surface area contributed by atoms with E-state index in [1.165, 1.54) is 6.20 Å². The highest BCUT2D eigenvalue weighted by atomic mass is 16.5. The van der Waals surface area contributed by atoms with Gasteiger partial charge in [0.15, 0.2) is 5.69 Å². The number of nitrogens with one attached hydrogen (secondary N) is 2. The van der Waals surface area contributed by atoms with E-state index in [1.54, 1.807) is 12.1 Å². The summed E-state index contributed by atoms with van der Waals surface area (Å²) in [5, 5.41) is 14.6. The van der Waals surface area contributed by atoms with E-state index >= 15 is 0 Å². The Labute approximate surface area is 202 Å². The van der Waals surface area contributed by atoms with E-state index in [0.29, 0.717) is 12.8 Å². The van der Waals surface area contributed by atoms with Crippen molar-refractivity contribution < 1.29 is 24.2 Å². The van der Waals surface area contributed by atoms with Crippen LogP contribution >= 0.6 is 0 Å². The van der Waals surface area contributed by atoms with Crippen molar-refractivity contribution in [2.45, 2.75) is 37.1 Å². The molecule has 1 aromatic heterocycles. The molecule has 5 rings (SSSR count). The summed E-state index contributed by atoms with van der Waals surface area (Å²) in [6.45, 7) is 0.142. The van der Waals surface area contributed by atoms with Gasteiger partial charge in [-0.25, -0.2) is 9.78 Å². The van der Waals surface area contributed by atoms with Crippen LogP contribution in [0, 0.1) is 0 Å². The van der Waals surface area contributed by atoms with Crippen LogP contribution in [0.15, 0.2) is 66.9 Å². The van der Waals surface area contributed by atoms with Crippen molar-refractivity contribution in [3.05, 3.63) is 83.7 Å². The number of aliphatic carboxylic acids is 1. The molecule has 0 radical (unpaired) electrons. The predicted octanol–water partition coefficient (Wildman–Crippen LogP) is 4.57. The summed E-state index contributed by atoms with van der Waals surface area (Å²) < 4.78 is 5.58. The number of rotatable bonds is 7. The van der Waals surface area contributed by atoms with Crippen LogP contribution in [-0.4, -0.2) is 40.2 Å². The molecule has 3 N–H and O–H groups in total. The Kier molecular flexibility index (Phi) is 5.94. The predicted molar refractivity (Wildman–Crippen MR) is 129 cm³/mol. The van der Waals surface area contributed by atoms with Gasteiger partial charge in [0.05, 0.1) is 17.6 Å². The van der Waals surface area contributed by atoms with Crippen molar-refractivity contribution in [2.24, 2.45) is 0 Å². The molecule has 0 unspecified atom stereocenters. The SMILES string of the molecule is O=C(O)CC1(NC(=O)c2ncccc2NC(=O)OCC2c3ccccc3-c3ccccc32)CCC1. The molecule has 1 fully saturated rings.